The van der Waals surface area contributed by atoms with E-state index in [0.29, 0.717) is 6.04 Å². The molecule has 1 unspecified atom stereocenters. The van der Waals surface area contributed by atoms with Crippen LogP contribution in [0.2, 0.25) is 0 Å². The summed E-state index contributed by atoms with van der Waals surface area (Å²) in [6, 6.07) is 0.351. The molecule has 1 atom stereocenters. The lowest BCUT2D eigenvalue weighted by atomic mass is 10.1. The van der Waals surface area contributed by atoms with E-state index in [9.17, 15) is 0 Å². The molecule has 0 aliphatic heterocycles. The molecule has 0 saturated heterocycles. The van der Waals surface area contributed by atoms with Gasteiger partial charge in [-0.15, -0.1) is 6.58 Å². The SMILES string of the molecule is C=CCC(N)CCCCCCC. The van der Waals surface area contributed by atoms with E-state index in [4.69, 9.17) is 5.73 Å². The van der Waals surface area contributed by atoms with E-state index in [1.807, 2.05) is 6.08 Å². The molecule has 72 valence electrons. The summed E-state index contributed by atoms with van der Waals surface area (Å²) in [6.07, 6.45) is 10.7. The average Bonchev–Trinajstić information content (AvgIpc) is 2.05. The summed E-state index contributed by atoms with van der Waals surface area (Å²) in [5.74, 6) is 0. The minimum Gasteiger partial charge on any atom is -0.327 e. The highest BCUT2D eigenvalue weighted by atomic mass is 14.6. The van der Waals surface area contributed by atoms with E-state index >= 15 is 0 Å². The number of unbranched alkanes of at least 4 members (excludes halogenated alkanes) is 4. The predicted octanol–water partition coefficient (Wildman–Crippen LogP) is 3.25. The summed E-state index contributed by atoms with van der Waals surface area (Å²) in [6.45, 7) is 5.92. The van der Waals surface area contributed by atoms with Gasteiger partial charge in [-0.05, 0) is 12.8 Å². The molecule has 0 bridgehead atoms. The molecule has 0 aromatic carbocycles. The van der Waals surface area contributed by atoms with Gasteiger partial charge in [0.25, 0.3) is 0 Å². The lowest BCUT2D eigenvalue weighted by Gasteiger charge is -2.07. The van der Waals surface area contributed by atoms with Crippen LogP contribution in [0, 0.1) is 0 Å². The van der Waals surface area contributed by atoms with Crippen molar-refractivity contribution in [2.45, 2.75) is 57.9 Å². The van der Waals surface area contributed by atoms with Gasteiger partial charge in [0.2, 0.25) is 0 Å². The summed E-state index contributed by atoms with van der Waals surface area (Å²) in [4.78, 5) is 0. The van der Waals surface area contributed by atoms with Crippen LogP contribution in [0.1, 0.15) is 51.9 Å². The molecule has 0 radical (unpaired) electrons. The molecule has 0 aliphatic carbocycles. The molecule has 1 nitrogen and oxygen atoms in total. The second-order valence-electron chi connectivity index (χ2n) is 3.49. The maximum absolute atomic E-state index is 5.83. The minimum atomic E-state index is 0.351. The van der Waals surface area contributed by atoms with Gasteiger partial charge >= 0.3 is 0 Å². The van der Waals surface area contributed by atoms with Gasteiger partial charge in [-0.2, -0.15) is 0 Å². The van der Waals surface area contributed by atoms with Crippen LogP contribution in [0.3, 0.4) is 0 Å². The van der Waals surface area contributed by atoms with Crippen molar-refractivity contribution in [3.05, 3.63) is 12.7 Å². The van der Waals surface area contributed by atoms with Crippen LogP contribution >= 0.6 is 0 Å². The normalized spacial score (nSPS) is 12.8. The first-order valence-electron chi connectivity index (χ1n) is 5.17. The van der Waals surface area contributed by atoms with Crippen molar-refractivity contribution < 1.29 is 0 Å². The van der Waals surface area contributed by atoms with Gasteiger partial charge in [0.15, 0.2) is 0 Å². The van der Waals surface area contributed by atoms with Crippen LogP contribution < -0.4 is 5.73 Å². The third-order valence-electron chi connectivity index (χ3n) is 2.15. The molecule has 0 spiro atoms. The standard InChI is InChI=1S/C11H23N/c1-3-5-6-7-8-10-11(12)9-4-2/h4,11H,2-3,5-10,12H2,1H3. The van der Waals surface area contributed by atoms with Crippen molar-refractivity contribution in [2.24, 2.45) is 5.73 Å². The van der Waals surface area contributed by atoms with Crippen molar-refractivity contribution in [1.82, 2.24) is 0 Å². The Hall–Kier alpha value is -0.300. The lowest BCUT2D eigenvalue weighted by Crippen LogP contribution is -2.18. The van der Waals surface area contributed by atoms with Crippen molar-refractivity contribution in [3.8, 4) is 0 Å². The summed E-state index contributed by atoms with van der Waals surface area (Å²) in [5, 5.41) is 0. The first-order valence-corrected chi connectivity index (χ1v) is 5.17. The van der Waals surface area contributed by atoms with E-state index in [1.165, 1.54) is 32.1 Å². The van der Waals surface area contributed by atoms with E-state index in [1.54, 1.807) is 0 Å². The Labute approximate surface area is 77.0 Å². The Morgan fingerprint density at radius 3 is 2.50 bits per heavy atom. The molecule has 0 saturated carbocycles. The summed E-state index contributed by atoms with van der Waals surface area (Å²) < 4.78 is 0. The first-order chi connectivity index (χ1) is 5.81. The van der Waals surface area contributed by atoms with Gasteiger partial charge in [-0.1, -0.05) is 45.1 Å². The highest BCUT2D eigenvalue weighted by Gasteiger charge is 1.98. The molecule has 12 heavy (non-hydrogen) atoms. The van der Waals surface area contributed by atoms with Crippen molar-refractivity contribution in [2.75, 3.05) is 0 Å². The Morgan fingerprint density at radius 2 is 1.92 bits per heavy atom. The molecular formula is C11H23N. The fraction of sp³-hybridized carbons (Fsp3) is 0.818. The van der Waals surface area contributed by atoms with Gasteiger partial charge in [0, 0.05) is 6.04 Å². The molecule has 1 heteroatoms. The van der Waals surface area contributed by atoms with E-state index in [0.717, 1.165) is 12.8 Å². The maximum atomic E-state index is 5.83. The quantitative estimate of drug-likeness (QED) is 0.438. The predicted molar refractivity (Wildman–Crippen MR) is 56.2 cm³/mol. The minimum absolute atomic E-state index is 0.351. The summed E-state index contributed by atoms with van der Waals surface area (Å²) >= 11 is 0. The largest absolute Gasteiger partial charge is 0.327 e. The fourth-order valence-electron chi connectivity index (χ4n) is 1.34. The molecule has 0 aliphatic rings. The second kappa shape index (κ2) is 8.79. The molecule has 0 fully saturated rings. The molecular weight excluding hydrogens is 146 g/mol. The van der Waals surface area contributed by atoms with E-state index in [2.05, 4.69) is 13.5 Å². The number of rotatable bonds is 8. The lowest BCUT2D eigenvalue weighted by molar-refractivity contribution is 0.543. The van der Waals surface area contributed by atoms with Crippen LogP contribution in [0.5, 0.6) is 0 Å². The van der Waals surface area contributed by atoms with Gasteiger partial charge in [0.1, 0.15) is 0 Å². The van der Waals surface area contributed by atoms with Crippen LogP contribution in [-0.4, -0.2) is 6.04 Å². The highest BCUT2D eigenvalue weighted by molar-refractivity contribution is 4.74. The number of hydrogen-bond donors (Lipinski definition) is 1. The summed E-state index contributed by atoms with van der Waals surface area (Å²) in [5.41, 5.74) is 5.83. The van der Waals surface area contributed by atoms with Crippen LogP contribution in [0.15, 0.2) is 12.7 Å². The van der Waals surface area contributed by atoms with E-state index < -0.39 is 0 Å². The zero-order valence-corrected chi connectivity index (χ0v) is 8.39. The molecule has 0 heterocycles. The zero-order valence-electron chi connectivity index (χ0n) is 8.39. The number of nitrogens with two attached hydrogens (primary N) is 1. The molecule has 0 aromatic rings. The number of hydrogen-bond acceptors (Lipinski definition) is 1. The fourth-order valence-corrected chi connectivity index (χ4v) is 1.34. The molecule has 2 N–H and O–H groups in total. The Bertz CT molecular complexity index is 99.2. The van der Waals surface area contributed by atoms with Crippen LogP contribution in [0.25, 0.3) is 0 Å². The maximum Gasteiger partial charge on any atom is 0.00733 e. The van der Waals surface area contributed by atoms with Gasteiger partial charge in [-0.3, -0.25) is 0 Å². The third kappa shape index (κ3) is 7.80. The topological polar surface area (TPSA) is 26.0 Å². The van der Waals surface area contributed by atoms with Crippen molar-refractivity contribution in [3.63, 3.8) is 0 Å². The van der Waals surface area contributed by atoms with Crippen LogP contribution in [-0.2, 0) is 0 Å². The Kier molecular flexibility index (Phi) is 8.57. The average molecular weight is 169 g/mol. The van der Waals surface area contributed by atoms with Crippen LogP contribution in [0.4, 0.5) is 0 Å². The highest BCUT2D eigenvalue weighted by Crippen LogP contribution is 2.07. The van der Waals surface area contributed by atoms with Gasteiger partial charge in [0.05, 0.1) is 0 Å². The Morgan fingerprint density at radius 1 is 1.25 bits per heavy atom. The summed E-state index contributed by atoms with van der Waals surface area (Å²) in [7, 11) is 0. The smallest absolute Gasteiger partial charge is 0.00733 e. The Balaban J connectivity index is 3.02. The monoisotopic (exact) mass is 169 g/mol. The van der Waals surface area contributed by atoms with Gasteiger partial charge < -0.3 is 5.73 Å². The second-order valence-corrected chi connectivity index (χ2v) is 3.49. The van der Waals surface area contributed by atoms with Gasteiger partial charge in [-0.25, -0.2) is 0 Å². The van der Waals surface area contributed by atoms with E-state index in [-0.39, 0.29) is 0 Å². The molecule has 0 aromatic heterocycles. The van der Waals surface area contributed by atoms with Crippen molar-refractivity contribution >= 4 is 0 Å². The molecule has 0 amide bonds. The third-order valence-corrected chi connectivity index (χ3v) is 2.15. The molecule has 0 rings (SSSR count). The van der Waals surface area contributed by atoms with Crippen molar-refractivity contribution in [1.29, 1.82) is 0 Å². The zero-order chi connectivity index (χ0) is 9.23. The first kappa shape index (κ1) is 11.7.